The summed E-state index contributed by atoms with van der Waals surface area (Å²) in [4.78, 5) is 10.9. The third kappa shape index (κ3) is 1.95. The third-order valence-corrected chi connectivity index (χ3v) is 3.66. The fourth-order valence-electron chi connectivity index (χ4n) is 2.85. The second-order valence-electron chi connectivity index (χ2n) is 4.62. The summed E-state index contributed by atoms with van der Waals surface area (Å²) in [6, 6.07) is 2.55. The van der Waals surface area contributed by atoms with E-state index >= 15 is 0 Å². The van der Waals surface area contributed by atoms with Crippen LogP contribution in [-0.4, -0.2) is 42.3 Å². The summed E-state index contributed by atoms with van der Waals surface area (Å²) in [6.45, 7) is 5.92. The van der Waals surface area contributed by atoms with E-state index in [0.717, 1.165) is 31.4 Å². The second kappa shape index (κ2) is 4.49. The zero-order valence-electron chi connectivity index (χ0n) is 10.1. The molecule has 2 aliphatic heterocycles. The van der Waals surface area contributed by atoms with Crippen molar-refractivity contribution in [1.29, 1.82) is 0 Å². The first-order chi connectivity index (χ1) is 8.38. The first-order valence-corrected chi connectivity index (χ1v) is 6.30. The zero-order valence-corrected chi connectivity index (χ0v) is 10.1. The molecular weight excluding hydrogens is 216 g/mol. The van der Waals surface area contributed by atoms with E-state index in [1.165, 1.54) is 6.42 Å². The van der Waals surface area contributed by atoms with Crippen LogP contribution in [0, 0.1) is 5.92 Å². The topological polar surface area (TPSA) is 50.3 Å². The largest absolute Gasteiger partial charge is 0.478 e. The van der Waals surface area contributed by atoms with E-state index < -0.39 is 0 Å². The maximum Gasteiger partial charge on any atom is 0.218 e. The first-order valence-electron chi connectivity index (χ1n) is 6.30. The van der Waals surface area contributed by atoms with Gasteiger partial charge in [-0.3, -0.25) is 0 Å². The van der Waals surface area contributed by atoms with Crippen molar-refractivity contribution in [1.82, 2.24) is 15.3 Å². The Balaban J connectivity index is 1.81. The molecule has 1 aromatic heterocycles. The molecule has 2 saturated heterocycles. The van der Waals surface area contributed by atoms with Gasteiger partial charge < -0.3 is 15.0 Å². The fraction of sp³-hybridized carbons (Fsp3) is 0.667. The van der Waals surface area contributed by atoms with Gasteiger partial charge in [0.25, 0.3) is 0 Å². The van der Waals surface area contributed by atoms with Gasteiger partial charge in [0.2, 0.25) is 5.88 Å². The van der Waals surface area contributed by atoms with Gasteiger partial charge in [0.05, 0.1) is 6.61 Å². The highest BCUT2D eigenvalue weighted by molar-refractivity contribution is 5.44. The highest BCUT2D eigenvalue weighted by Gasteiger charge is 2.38. The SMILES string of the molecule is CCOc1cc(N2CC[C@H]3CNC[C@H]32)ncn1. The minimum atomic E-state index is 0.597. The minimum Gasteiger partial charge on any atom is -0.478 e. The molecule has 3 rings (SSSR count). The molecule has 1 aromatic rings. The molecular formula is C12H18N4O. The van der Waals surface area contributed by atoms with Crippen molar-refractivity contribution in [3.63, 3.8) is 0 Å². The van der Waals surface area contributed by atoms with Crippen molar-refractivity contribution in [3.05, 3.63) is 12.4 Å². The summed E-state index contributed by atoms with van der Waals surface area (Å²) in [7, 11) is 0. The number of rotatable bonds is 3. The van der Waals surface area contributed by atoms with Crippen molar-refractivity contribution >= 4 is 5.82 Å². The molecule has 0 unspecified atom stereocenters. The Kier molecular flexibility index (Phi) is 2.84. The van der Waals surface area contributed by atoms with Gasteiger partial charge in [-0.15, -0.1) is 0 Å². The van der Waals surface area contributed by atoms with Crippen LogP contribution in [0.1, 0.15) is 13.3 Å². The number of aromatic nitrogens is 2. The molecule has 2 aliphatic rings. The smallest absolute Gasteiger partial charge is 0.218 e. The standard InChI is InChI=1S/C12H18N4O/c1-2-17-12-5-11(14-8-15-12)16-4-3-9-6-13-7-10(9)16/h5,8-10,13H,2-4,6-7H2,1H3/t9-,10+/m0/s1. The van der Waals surface area contributed by atoms with Crippen LogP contribution in [0.4, 0.5) is 5.82 Å². The maximum absolute atomic E-state index is 5.42. The van der Waals surface area contributed by atoms with Gasteiger partial charge in [-0.25, -0.2) is 9.97 Å². The Morgan fingerprint density at radius 2 is 2.41 bits per heavy atom. The van der Waals surface area contributed by atoms with Crippen LogP contribution in [0.2, 0.25) is 0 Å². The average Bonchev–Trinajstić information content (AvgIpc) is 2.91. The number of nitrogens with zero attached hydrogens (tertiary/aromatic N) is 3. The predicted molar refractivity (Wildman–Crippen MR) is 65.3 cm³/mol. The molecule has 0 amide bonds. The fourth-order valence-corrected chi connectivity index (χ4v) is 2.85. The van der Waals surface area contributed by atoms with Gasteiger partial charge in [-0.2, -0.15) is 0 Å². The van der Waals surface area contributed by atoms with Gasteiger partial charge >= 0.3 is 0 Å². The molecule has 0 saturated carbocycles. The molecule has 2 atom stereocenters. The van der Waals surface area contributed by atoms with E-state index in [4.69, 9.17) is 4.74 Å². The molecule has 0 aromatic carbocycles. The quantitative estimate of drug-likeness (QED) is 0.833. The van der Waals surface area contributed by atoms with Crippen molar-refractivity contribution < 1.29 is 4.74 Å². The van der Waals surface area contributed by atoms with Gasteiger partial charge in [0.1, 0.15) is 12.1 Å². The van der Waals surface area contributed by atoms with E-state index in [2.05, 4.69) is 20.2 Å². The zero-order chi connectivity index (χ0) is 11.7. The monoisotopic (exact) mass is 234 g/mol. The lowest BCUT2D eigenvalue weighted by Gasteiger charge is -2.24. The van der Waals surface area contributed by atoms with Gasteiger partial charge in [0, 0.05) is 31.7 Å². The van der Waals surface area contributed by atoms with Gasteiger partial charge in [0.15, 0.2) is 0 Å². The maximum atomic E-state index is 5.42. The van der Waals surface area contributed by atoms with Crippen LogP contribution in [0.5, 0.6) is 5.88 Å². The van der Waals surface area contributed by atoms with Crippen LogP contribution < -0.4 is 15.0 Å². The Morgan fingerprint density at radius 1 is 1.47 bits per heavy atom. The lowest BCUT2D eigenvalue weighted by molar-refractivity contribution is 0.326. The second-order valence-corrected chi connectivity index (χ2v) is 4.62. The number of nitrogens with one attached hydrogen (secondary N) is 1. The van der Waals surface area contributed by atoms with E-state index in [9.17, 15) is 0 Å². The third-order valence-electron chi connectivity index (χ3n) is 3.66. The summed E-state index contributed by atoms with van der Waals surface area (Å²) in [6.07, 6.45) is 2.85. The lowest BCUT2D eigenvalue weighted by atomic mass is 10.1. The molecule has 5 nitrogen and oxygen atoms in total. The molecule has 3 heterocycles. The van der Waals surface area contributed by atoms with E-state index in [-0.39, 0.29) is 0 Å². The van der Waals surface area contributed by atoms with Crippen LogP contribution in [0.3, 0.4) is 0 Å². The molecule has 0 aliphatic carbocycles. The van der Waals surface area contributed by atoms with Crippen molar-refractivity contribution in [2.45, 2.75) is 19.4 Å². The molecule has 0 bridgehead atoms. The number of hydrogen-bond donors (Lipinski definition) is 1. The minimum absolute atomic E-state index is 0.597. The van der Waals surface area contributed by atoms with Gasteiger partial charge in [-0.05, 0) is 19.3 Å². The molecule has 5 heteroatoms. The number of ether oxygens (including phenoxy) is 1. The van der Waals surface area contributed by atoms with Crippen LogP contribution >= 0.6 is 0 Å². The van der Waals surface area contributed by atoms with Crippen LogP contribution in [-0.2, 0) is 0 Å². The van der Waals surface area contributed by atoms with Crippen molar-refractivity contribution in [2.75, 3.05) is 31.1 Å². The first kappa shape index (κ1) is 10.8. The summed E-state index contributed by atoms with van der Waals surface area (Å²) in [5, 5.41) is 3.45. The Morgan fingerprint density at radius 3 is 3.29 bits per heavy atom. The summed E-state index contributed by atoms with van der Waals surface area (Å²) < 4.78 is 5.42. The molecule has 0 radical (unpaired) electrons. The van der Waals surface area contributed by atoms with Crippen molar-refractivity contribution in [3.8, 4) is 5.88 Å². The highest BCUT2D eigenvalue weighted by Crippen LogP contribution is 2.31. The number of anilines is 1. The van der Waals surface area contributed by atoms with E-state index in [1.54, 1.807) is 6.33 Å². The predicted octanol–water partition coefficient (Wildman–Crippen LogP) is 0.673. The summed E-state index contributed by atoms with van der Waals surface area (Å²) in [5.41, 5.74) is 0. The van der Waals surface area contributed by atoms with Crippen LogP contribution in [0.25, 0.3) is 0 Å². The Labute approximate surface area is 101 Å². The average molecular weight is 234 g/mol. The van der Waals surface area contributed by atoms with Crippen molar-refractivity contribution in [2.24, 2.45) is 5.92 Å². The Hall–Kier alpha value is -1.36. The molecule has 0 spiro atoms. The van der Waals surface area contributed by atoms with E-state index in [1.807, 2.05) is 13.0 Å². The summed E-state index contributed by atoms with van der Waals surface area (Å²) in [5.74, 6) is 2.45. The van der Waals surface area contributed by atoms with Crippen LogP contribution in [0.15, 0.2) is 12.4 Å². The number of hydrogen-bond acceptors (Lipinski definition) is 5. The number of fused-ring (bicyclic) bond motifs is 1. The Bertz CT molecular complexity index is 398. The molecule has 17 heavy (non-hydrogen) atoms. The van der Waals surface area contributed by atoms with Gasteiger partial charge in [-0.1, -0.05) is 0 Å². The lowest BCUT2D eigenvalue weighted by Crippen LogP contribution is -2.34. The summed E-state index contributed by atoms with van der Waals surface area (Å²) >= 11 is 0. The van der Waals surface area contributed by atoms with E-state index in [0.29, 0.717) is 18.5 Å². The molecule has 1 N–H and O–H groups in total. The highest BCUT2D eigenvalue weighted by atomic mass is 16.5. The molecule has 92 valence electrons. The normalized spacial score (nSPS) is 27.2. The molecule has 2 fully saturated rings.